The predicted octanol–water partition coefficient (Wildman–Crippen LogP) is 1.69. The number of nitrogens with one attached hydrogen (secondary N) is 1. The van der Waals surface area contributed by atoms with Gasteiger partial charge in [0.2, 0.25) is 0 Å². The first kappa shape index (κ1) is 10.9. The lowest BCUT2D eigenvalue weighted by Gasteiger charge is -2.37. The maximum atomic E-state index is 11.2. The molecule has 94 valence electrons. The van der Waals surface area contributed by atoms with Crippen molar-refractivity contribution in [2.24, 2.45) is 0 Å². The molecule has 1 aliphatic heterocycles. The number of aromatic nitrogens is 1. The Morgan fingerprint density at radius 2 is 2.28 bits per heavy atom. The van der Waals surface area contributed by atoms with Gasteiger partial charge in [0, 0.05) is 13.1 Å². The van der Waals surface area contributed by atoms with Crippen LogP contribution in [0.5, 0.6) is 0 Å². The third-order valence-corrected chi connectivity index (χ3v) is 2.94. The predicted molar refractivity (Wildman–Crippen MR) is 65.4 cm³/mol. The number of anilines is 1. The van der Waals surface area contributed by atoms with Crippen LogP contribution in [0.15, 0.2) is 28.7 Å². The maximum Gasteiger partial charge on any atom is 0.409 e. The summed E-state index contributed by atoms with van der Waals surface area (Å²) in [5.41, 5.74) is 1.58. The minimum Gasteiger partial charge on any atom is -0.453 e. The van der Waals surface area contributed by atoms with Gasteiger partial charge in [-0.3, -0.25) is 0 Å². The molecule has 0 bridgehead atoms. The molecule has 18 heavy (non-hydrogen) atoms. The molecule has 1 aromatic carbocycles. The number of oxazole rings is 1. The Kier molecular flexibility index (Phi) is 2.55. The van der Waals surface area contributed by atoms with Crippen LogP contribution >= 0.6 is 0 Å². The van der Waals surface area contributed by atoms with Gasteiger partial charge in [-0.1, -0.05) is 12.1 Å². The topological polar surface area (TPSA) is 67.6 Å². The van der Waals surface area contributed by atoms with Crippen LogP contribution in [0.4, 0.5) is 10.8 Å². The highest BCUT2D eigenvalue weighted by Crippen LogP contribution is 2.20. The zero-order valence-corrected chi connectivity index (χ0v) is 9.92. The molecule has 2 aromatic rings. The van der Waals surface area contributed by atoms with Crippen molar-refractivity contribution in [3.05, 3.63) is 24.3 Å². The zero-order valence-electron chi connectivity index (χ0n) is 9.92. The summed E-state index contributed by atoms with van der Waals surface area (Å²) in [6.07, 6.45) is -0.300. The van der Waals surface area contributed by atoms with Crippen LogP contribution < -0.4 is 5.32 Å². The summed E-state index contributed by atoms with van der Waals surface area (Å²) in [7, 11) is 1.38. The van der Waals surface area contributed by atoms with Crippen molar-refractivity contribution in [2.75, 3.05) is 25.5 Å². The number of ether oxygens (including phenoxy) is 1. The fraction of sp³-hybridized carbons (Fsp3) is 0.333. The number of carbonyl (C=O) groups excluding carboxylic acids is 1. The van der Waals surface area contributed by atoms with Gasteiger partial charge in [0.25, 0.3) is 6.01 Å². The normalized spacial score (nSPS) is 15.5. The third-order valence-electron chi connectivity index (χ3n) is 2.94. The van der Waals surface area contributed by atoms with E-state index in [4.69, 9.17) is 4.42 Å². The van der Waals surface area contributed by atoms with E-state index >= 15 is 0 Å². The van der Waals surface area contributed by atoms with Gasteiger partial charge in [-0.2, -0.15) is 4.98 Å². The molecule has 0 unspecified atom stereocenters. The lowest BCUT2D eigenvalue weighted by Crippen LogP contribution is -2.57. The van der Waals surface area contributed by atoms with Crippen molar-refractivity contribution in [1.82, 2.24) is 9.88 Å². The number of rotatable bonds is 2. The molecular formula is C12H13N3O3. The molecule has 0 atom stereocenters. The van der Waals surface area contributed by atoms with Crippen molar-refractivity contribution in [3.8, 4) is 0 Å². The van der Waals surface area contributed by atoms with Crippen LogP contribution in [0.3, 0.4) is 0 Å². The van der Waals surface area contributed by atoms with Crippen LogP contribution in [0, 0.1) is 0 Å². The van der Waals surface area contributed by atoms with Gasteiger partial charge < -0.3 is 19.4 Å². The monoisotopic (exact) mass is 247 g/mol. The van der Waals surface area contributed by atoms with E-state index in [1.807, 2.05) is 24.3 Å². The van der Waals surface area contributed by atoms with Crippen LogP contribution in [0.1, 0.15) is 0 Å². The number of nitrogens with zero attached hydrogens (tertiary/aromatic N) is 2. The molecule has 0 aliphatic carbocycles. The Morgan fingerprint density at radius 3 is 3.00 bits per heavy atom. The Labute approximate surface area is 104 Å². The molecule has 1 aromatic heterocycles. The second kappa shape index (κ2) is 4.21. The van der Waals surface area contributed by atoms with Crippen molar-refractivity contribution in [1.29, 1.82) is 0 Å². The number of likely N-dealkylation sites (tertiary alicyclic amines) is 1. The molecule has 3 rings (SSSR count). The first-order valence-electron chi connectivity index (χ1n) is 5.71. The summed E-state index contributed by atoms with van der Waals surface area (Å²) in [6.45, 7) is 1.21. The summed E-state index contributed by atoms with van der Waals surface area (Å²) in [5.74, 6) is 0. The van der Waals surface area contributed by atoms with Gasteiger partial charge in [-0.15, -0.1) is 0 Å². The molecule has 1 aliphatic rings. The number of para-hydroxylation sites is 2. The highest BCUT2D eigenvalue weighted by Gasteiger charge is 2.32. The number of hydrogen-bond acceptors (Lipinski definition) is 5. The fourth-order valence-electron chi connectivity index (χ4n) is 1.96. The van der Waals surface area contributed by atoms with Crippen molar-refractivity contribution < 1.29 is 13.9 Å². The van der Waals surface area contributed by atoms with E-state index in [9.17, 15) is 4.79 Å². The molecule has 1 saturated heterocycles. The molecular weight excluding hydrogens is 234 g/mol. The summed E-state index contributed by atoms with van der Waals surface area (Å²) >= 11 is 0. The molecule has 1 amide bonds. The standard InChI is InChI=1S/C12H13N3O3/c1-17-12(16)15-6-8(7-15)13-11-14-9-4-2-3-5-10(9)18-11/h2-5,8H,6-7H2,1H3,(H,13,14). The summed E-state index contributed by atoms with van der Waals surface area (Å²) in [4.78, 5) is 17.1. The van der Waals surface area contributed by atoms with Crippen molar-refractivity contribution in [2.45, 2.75) is 6.04 Å². The highest BCUT2D eigenvalue weighted by atomic mass is 16.5. The van der Waals surface area contributed by atoms with Crippen molar-refractivity contribution in [3.63, 3.8) is 0 Å². The van der Waals surface area contributed by atoms with E-state index < -0.39 is 0 Å². The van der Waals surface area contributed by atoms with Gasteiger partial charge in [0.15, 0.2) is 5.58 Å². The minimum absolute atomic E-state index is 0.164. The van der Waals surface area contributed by atoms with Gasteiger partial charge >= 0.3 is 6.09 Å². The maximum absolute atomic E-state index is 11.2. The first-order valence-corrected chi connectivity index (χ1v) is 5.71. The Bertz CT molecular complexity index is 542. The third kappa shape index (κ3) is 1.85. The highest BCUT2D eigenvalue weighted by molar-refractivity contribution is 5.74. The van der Waals surface area contributed by atoms with E-state index in [0.717, 1.165) is 11.1 Å². The molecule has 6 nitrogen and oxygen atoms in total. The summed E-state index contributed by atoms with van der Waals surface area (Å²) < 4.78 is 10.2. The smallest absolute Gasteiger partial charge is 0.409 e. The van der Waals surface area contributed by atoms with E-state index in [0.29, 0.717) is 19.1 Å². The molecule has 6 heteroatoms. The summed E-state index contributed by atoms with van der Waals surface area (Å²) in [6, 6.07) is 8.24. The Hall–Kier alpha value is -2.24. The number of hydrogen-bond donors (Lipinski definition) is 1. The number of methoxy groups -OCH3 is 1. The lowest BCUT2D eigenvalue weighted by atomic mass is 10.1. The van der Waals surface area contributed by atoms with Gasteiger partial charge in [0.05, 0.1) is 13.2 Å². The number of fused-ring (bicyclic) bond motifs is 1. The Morgan fingerprint density at radius 1 is 1.50 bits per heavy atom. The zero-order chi connectivity index (χ0) is 12.5. The van der Waals surface area contributed by atoms with Gasteiger partial charge in [0.1, 0.15) is 5.52 Å². The second-order valence-electron chi connectivity index (χ2n) is 4.20. The average molecular weight is 247 g/mol. The van der Waals surface area contributed by atoms with E-state index in [1.165, 1.54) is 7.11 Å². The van der Waals surface area contributed by atoms with Crippen molar-refractivity contribution >= 4 is 23.2 Å². The number of benzene rings is 1. The summed E-state index contributed by atoms with van der Waals surface area (Å²) in [5, 5.41) is 3.15. The number of amides is 1. The molecule has 1 fully saturated rings. The van der Waals surface area contributed by atoms with Gasteiger partial charge in [-0.05, 0) is 12.1 Å². The number of carbonyl (C=O) groups is 1. The molecule has 2 heterocycles. The van der Waals surface area contributed by atoms with Crippen LogP contribution in [-0.2, 0) is 4.74 Å². The van der Waals surface area contributed by atoms with E-state index in [2.05, 4.69) is 15.0 Å². The second-order valence-corrected chi connectivity index (χ2v) is 4.20. The fourth-order valence-corrected chi connectivity index (χ4v) is 1.96. The molecule has 0 saturated carbocycles. The van der Waals surface area contributed by atoms with Crippen LogP contribution in [0.2, 0.25) is 0 Å². The Balaban J connectivity index is 1.63. The quantitative estimate of drug-likeness (QED) is 0.874. The lowest BCUT2D eigenvalue weighted by molar-refractivity contribution is 0.0925. The van der Waals surface area contributed by atoms with Crippen LogP contribution in [-0.4, -0.2) is 42.2 Å². The first-order chi connectivity index (χ1) is 8.76. The van der Waals surface area contributed by atoms with Crippen LogP contribution in [0.25, 0.3) is 11.1 Å². The molecule has 0 spiro atoms. The van der Waals surface area contributed by atoms with E-state index in [-0.39, 0.29) is 12.1 Å². The SMILES string of the molecule is COC(=O)N1CC(Nc2nc3ccccc3o2)C1. The minimum atomic E-state index is -0.300. The van der Waals surface area contributed by atoms with Gasteiger partial charge in [-0.25, -0.2) is 4.79 Å². The molecule has 0 radical (unpaired) electrons. The largest absolute Gasteiger partial charge is 0.453 e. The van der Waals surface area contributed by atoms with E-state index in [1.54, 1.807) is 4.90 Å². The molecule has 1 N–H and O–H groups in total. The average Bonchev–Trinajstić information content (AvgIpc) is 2.74.